The number of hydrogen-bond donors (Lipinski definition) is 2. The van der Waals surface area contributed by atoms with Gasteiger partial charge in [-0.2, -0.15) is 5.10 Å². The molecule has 0 aliphatic carbocycles. The van der Waals surface area contributed by atoms with Gasteiger partial charge in [0.05, 0.1) is 18.9 Å². The average molecular weight is 255 g/mol. The van der Waals surface area contributed by atoms with E-state index in [1.54, 1.807) is 7.11 Å². The van der Waals surface area contributed by atoms with Gasteiger partial charge < -0.3 is 9.84 Å². The molecule has 1 unspecified atom stereocenters. The summed E-state index contributed by atoms with van der Waals surface area (Å²) in [7, 11) is 3.58. The van der Waals surface area contributed by atoms with Crippen LogP contribution in [0.5, 0.6) is 0 Å². The SMILES string of the molecule is COCC(O)CN(C)Cc1cn[nH]c1C(C)(C)C. The normalized spacial score (nSPS) is 14.2. The summed E-state index contributed by atoms with van der Waals surface area (Å²) >= 11 is 0. The van der Waals surface area contributed by atoms with Gasteiger partial charge in [0.2, 0.25) is 0 Å². The number of rotatable bonds is 6. The predicted molar refractivity (Wildman–Crippen MR) is 71.5 cm³/mol. The molecule has 0 aromatic carbocycles. The van der Waals surface area contributed by atoms with Crippen LogP contribution < -0.4 is 0 Å². The highest BCUT2D eigenvalue weighted by Crippen LogP contribution is 2.24. The lowest BCUT2D eigenvalue weighted by molar-refractivity contribution is 0.0418. The first kappa shape index (κ1) is 15.1. The Labute approximate surface area is 109 Å². The van der Waals surface area contributed by atoms with Gasteiger partial charge in [-0.3, -0.25) is 10.00 Å². The van der Waals surface area contributed by atoms with Crippen molar-refractivity contribution in [1.82, 2.24) is 15.1 Å². The van der Waals surface area contributed by atoms with Crippen LogP contribution in [0.15, 0.2) is 6.20 Å². The zero-order valence-corrected chi connectivity index (χ0v) is 12.0. The van der Waals surface area contributed by atoms with Gasteiger partial charge in [0, 0.05) is 36.9 Å². The number of aromatic amines is 1. The Morgan fingerprint density at radius 1 is 1.50 bits per heavy atom. The summed E-state index contributed by atoms with van der Waals surface area (Å²) in [5.41, 5.74) is 2.38. The van der Waals surface area contributed by atoms with Gasteiger partial charge in [-0.1, -0.05) is 20.8 Å². The molecule has 0 bridgehead atoms. The molecule has 0 radical (unpaired) electrons. The minimum Gasteiger partial charge on any atom is -0.389 e. The smallest absolute Gasteiger partial charge is 0.0900 e. The molecule has 18 heavy (non-hydrogen) atoms. The van der Waals surface area contributed by atoms with Crippen LogP contribution in [0.2, 0.25) is 0 Å². The summed E-state index contributed by atoms with van der Waals surface area (Å²) in [6.07, 6.45) is 1.41. The van der Waals surface area contributed by atoms with Crippen molar-refractivity contribution in [1.29, 1.82) is 0 Å². The van der Waals surface area contributed by atoms with Gasteiger partial charge in [-0.25, -0.2) is 0 Å². The van der Waals surface area contributed by atoms with Crippen LogP contribution in [-0.4, -0.2) is 53.6 Å². The maximum Gasteiger partial charge on any atom is 0.0900 e. The highest BCUT2D eigenvalue weighted by atomic mass is 16.5. The largest absolute Gasteiger partial charge is 0.389 e. The molecule has 0 aliphatic heterocycles. The third-order valence-corrected chi connectivity index (χ3v) is 2.79. The molecule has 1 aromatic heterocycles. The van der Waals surface area contributed by atoms with Gasteiger partial charge in [-0.05, 0) is 7.05 Å². The van der Waals surface area contributed by atoms with E-state index >= 15 is 0 Å². The van der Waals surface area contributed by atoms with Gasteiger partial charge >= 0.3 is 0 Å². The fraction of sp³-hybridized carbons (Fsp3) is 0.769. The minimum atomic E-state index is -0.454. The molecule has 0 spiro atoms. The molecular weight excluding hydrogens is 230 g/mol. The monoisotopic (exact) mass is 255 g/mol. The molecule has 0 fully saturated rings. The fourth-order valence-corrected chi connectivity index (χ4v) is 2.04. The highest BCUT2D eigenvalue weighted by molar-refractivity contribution is 5.23. The van der Waals surface area contributed by atoms with Crippen molar-refractivity contribution in [2.24, 2.45) is 0 Å². The molecular formula is C13H25N3O2. The van der Waals surface area contributed by atoms with E-state index in [-0.39, 0.29) is 5.41 Å². The Balaban J connectivity index is 2.60. The second kappa shape index (κ2) is 6.31. The van der Waals surface area contributed by atoms with Crippen LogP contribution in [0.1, 0.15) is 32.0 Å². The Morgan fingerprint density at radius 3 is 2.72 bits per heavy atom. The van der Waals surface area contributed by atoms with Crippen LogP contribution >= 0.6 is 0 Å². The molecule has 5 nitrogen and oxygen atoms in total. The van der Waals surface area contributed by atoms with E-state index in [4.69, 9.17) is 4.74 Å². The maximum atomic E-state index is 9.69. The van der Waals surface area contributed by atoms with E-state index in [2.05, 4.69) is 35.9 Å². The average Bonchev–Trinajstić information content (AvgIpc) is 2.64. The number of nitrogens with one attached hydrogen (secondary N) is 1. The molecule has 1 rings (SSSR count). The first-order valence-electron chi connectivity index (χ1n) is 6.23. The summed E-state index contributed by atoms with van der Waals surface area (Å²) in [6, 6.07) is 0. The van der Waals surface area contributed by atoms with E-state index in [9.17, 15) is 5.11 Å². The fourth-order valence-electron chi connectivity index (χ4n) is 2.04. The molecule has 2 N–H and O–H groups in total. The second-order valence-electron chi connectivity index (χ2n) is 5.83. The van der Waals surface area contributed by atoms with Crippen molar-refractivity contribution in [2.45, 2.75) is 38.8 Å². The van der Waals surface area contributed by atoms with Crippen molar-refractivity contribution in [3.05, 3.63) is 17.5 Å². The van der Waals surface area contributed by atoms with Crippen LogP contribution in [0.25, 0.3) is 0 Å². The molecule has 1 heterocycles. The summed E-state index contributed by atoms with van der Waals surface area (Å²) in [6.45, 7) is 8.19. The topological polar surface area (TPSA) is 61.4 Å². The lowest BCUT2D eigenvalue weighted by Crippen LogP contribution is -2.32. The number of aliphatic hydroxyl groups is 1. The van der Waals surface area contributed by atoms with E-state index in [1.807, 2.05) is 13.2 Å². The van der Waals surface area contributed by atoms with E-state index < -0.39 is 6.10 Å². The highest BCUT2D eigenvalue weighted by Gasteiger charge is 2.21. The summed E-state index contributed by atoms with van der Waals surface area (Å²) < 4.78 is 4.92. The van der Waals surface area contributed by atoms with E-state index in [0.717, 1.165) is 12.2 Å². The van der Waals surface area contributed by atoms with Gasteiger partial charge in [-0.15, -0.1) is 0 Å². The summed E-state index contributed by atoms with van der Waals surface area (Å²) in [5.74, 6) is 0. The number of aliphatic hydroxyl groups excluding tert-OH is 1. The molecule has 0 amide bonds. The Hall–Kier alpha value is -0.910. The zero-order chi connectivity index (χ0) is 13.8. The second-order valence-corrected chi connectivity index (χ2v) is 5.83. The number of hydrogen-bond acceptors (Lipinski definition) is 4. The van der Waals surface area contributed by atoms with Gasteiger partial charge in [0.1, 0.15) is 0 Å². The molecule has 0 saturated heterocycles. The zero-order valence-electron chi connectivity index (χ0n) is 12.0. The van der Waals surface area contributed by atoms with Gasteiger partial charge in [0.25, 0.3) is 0 Å². The molecule has 0 saturated carbocycles. The minimum absolute atomic E-state index is 0.0534. The predicted octanol–water partition coefficient (Wildman–Crippen LogP) is 1.15. The van der Waals surface area contributed by atoms with Crippen LogP contribution in [0, 0.1) is 0 Å². The first-order chi connectivity index (χ1) is 8.34. The van der Waals surface area contributed by atoms with Crippen LogP contribution in [-0.2, 0) is 16.7 Å². The molecule has 5 heteroatoms. The van der Waals surface area contributed by atoms with Gasteiger partial charge in [0.15, 0.2) is 0 Å². The quantitative estimate of drug-likeness (QED) is 0.800. The third kappa shape index (κ3) is 4.40. The van der Waals surface area contributed by atoms with Crippen molar-refractivity contribution in [3.8, 4) is 0 Å². The van der Waals surface area contributed by atoms with E-state index in [0.29, 0.717) is 13.2 Å². The standard InChI is InChI=1S/C13H25N3O2/c1-13(2,3)12-10(6-14-15-12)7-16(4)8-11(17)9-18-5/h6,11,17H,7-9H2,1-5H3,(H,14,15). The lowest BCUT2D eigenvalue weighted by atomic mass is 9.89. The number of H-pyrrole nitrogens is 1. The number of nitrogens with zero attached hydrogens (tertiary/aromatic N) is 2. The summed E-state index contributed by atoms with van der Waals surface area (Å²) in [4.78, 5) is 2.07. The van der Waals surface area contributed by atoms with Crippen molar-refractivity contribution >= 4 is 0 Å². The third-order valence-electron chi connectivity index (χ3n) is 2.79. The van der Waals surface area contributed by atoms with Crippen molar-refractivity contribution in [2.75, 3.05) is 27.3 Å². The Morgan fingerprint density at radius 2 is 2.17 bits per heavy atom. The maximum absolute atomic E-state index is 9.69. The molecule has 104 valence electrons. The Bertz CT molecular complexity index is 357. The van der Waals surface area contributed by atoms with Crippen LogP contribution in [0.4, 0.5) is 0 Å². The Kier molecular flexibility index (Phi) is 5.31. The van der Waals surface area contributed by atoms with E-state index in [1.165, 1.54) is 5.56 Å². The lowest BCUT2D eigenvalue weighted by Gasteiger charge is -2.23. The molecule has 0 aliphatic rings. The summed E-state index contributed by atoms with van der Waals surface area (Å²) in [5, 5.41) is 16.9. The number of likely N-dealkylation sites (N-methyl/N-ethyl adjacent to an activating group) is 1. The van der Waals surface area contributed by atoms with Crippen LogP contribution in [0.3, 0.4) is 0 Å². The van der Waals surface area contributed by atoms with Crippen molar-refractivity contribution in [3.63, 3.8) is 0 Å². The number of methoxy groups -OCH3 is 1. The number of aromatic nitrogens is 2. The molecule has 1 atom stereocenters. The first-order valence-corrected chi connectivity index (χ1v) is 6.23. The molecule has 1 aromatic rings. The van der Waals surface area contributed by atoms with Crippen molar-refractivity contribution < 1.29 is 9.84 Å². The number of ether oxygens (including phenoxy) is 1.